The number of hydrogen-bond donors (Lipinski definition) is 0. The predicted molar refractivity (Wildman–Crippen MR) is 22.7 cm³/mol. The van der Waals surface area contributed by atoms with Crippen LogP contribution in [0.2, 0.25) is 0 Å². The smallest absolute Gasteiger partial charge is 0.336 e. The van der Waals surface area contributed by atoms with Gasteiger partial charge in [-0.05, 0) is 0 Å². The maximum absolute atomic E-state index is 4.88. The SMILES string of the molecule is [CH-]=C=C(C)C.[Cu+]. The zero-order valence-corrected chi connectivity index (χ0v) is 4.82. The molecule has 0 unspecified atom stereocenters. The molecule has 6 heavy (non-hydrogen) atoms. The molecule has 0 rings (SSSR count). The van der Waals surface area contributed by atoms with Crippen molar-refractivity contribution in [1.29, 1.82) is 0 Å². The molecule has 0 N–H and O–H groups in total. The first kappa shape index (κ1) is 9.40. The van der Waals surface area contributed by atoms with Gasteiger partial charge in [-0.2, -0.15) is 5.57 Å². The van der Waals surface area contributed by atoms with Crippen molar-refractivity contribution in [1.82, 2.24) is 0 Å². The number of allylic oxidation sites excluding steroid dienone is 1. The van der Waals surface area contributed by atoms with Gasteiger partial charge in [0.1, 0.15) is 0 Å². The minimum Gasteiger partial charge on any atom is -0.336 e. The van der Waals surface area contributed by atoms with Gasteiger partial charge in [-0.3, -0.25) is 0 Å². The molecule has 38 valence electrons. The van der Waals surface area contributed by atoms with Gasteiger partial charge < -0.3 is 5.73 Å². The van der Waals surface area contributed by atoms with Gasteiger partial charge >= 0.3 is 17.1 Å². The topological polar surface area (TPSA) is 0 Å². The monoisotopic (exact) mass is 130 g/mol. The average Bonchev–Trinajstić information content (AvgIpc) is 1.38. The summed E-state index contributed by atoms with van der Waals surface area (Å²) in [6.45, 7) is 8.69. The molecule has 0 aliphatic heterocycles. The van der Waals surface area contributed by atoms with Crippen LogP contribution < -0.4 is 0 Å². The second-order valence-electron chi connectivity index (χ2n) is 1.14. The summed E-state index contributed by atoms with van der Waals surface area (Å²) in [5.74, 6) is 0. The summed E-state index contributed by atoms with van der Waals surface area (Å²) in [5.41, 5.74) is 3.48. The van der Waals surface area contributed by atoms with Gasteiger partial charge in [-0.15, -0.1) is 13.8 Å². The van der Waals surface area contributed by atoms with Crippen LogP contribution in [-0.2, 0) is 17.1 Å². The van der Waals surface area contributed by atoms with Crippen LogP contribution in [0.1, 0.15) is 13.8 Å². The van der Waals surface area contributed by atoms with Crippen molar-refractivity contribution in [2.24, 2.45) is 0 Å². The molecule has 0 atom stereocenters. The minimum absolute atomic E-state index is 0. The molecular formula is C5H7Cu. The van der Waals surface area contributed by atoms with E-state index in [4.69, 9.17) is 6.58 Å². The van der Waals surface area contributed by atoms with Gasteiger partial charge in [0.15, 0.2) is 0 Å². The van der Waals surface area contributed by atoms with Crippen LogP contribution in [0.3, 0.4) is 0 Å². The van der Waals surface area contributed by atoms with E-state index in [0.717, 1.165) is 5.57 Å². The van der Waals surface area contributed by atoms with E-state index >= 15 is 0 Å². The Morgan fingerprint density at radius 2 is 1.67 bits per heavy atom. The molecule has 0 heterocycles. The van der Waals surface area contributed by atoms with Crippen molar-refractivity contribution in [3.63, 3.8) is 0 Å². The fraction of sp³-hybridized carbons (Fsp3) is 0.400. The van der Waals surface area contributed by atoms with Gasteiger partial charge in [-0.1, -0.05) is 0 Å². The third-order valence-corrected chi connectivity index (χ3v) is 0.289. The van der Waals surface area contributed by atoms with E-state index in [1.807, 2.05) is 13.8 Å². The molecule has 0 amide bonds. The summed E-state index contributed by atoms with van der Waals surface area (Å²) < 4.78 is 0. The molecule has 0 spiro atoms. The predicted octanol–water partition coefficient (Wildman–Crippen LogP) is 1.54. The third-order valence-electron chi connectivity index (χ3n) is 0.289. The largest absolute Gasteiger partial charge is 1.00 e. The maximum Gasteiger partial charge on any atom is 1.00 e. The van der Waals surface area contributed by atoms with Crippen LogP contribution in [0.15, 0.2) is 11.3 Å². The molecule has 0 saturated heterocycles. The van der Waals surface area contributed by atoms with Crippen molar-refractivity contribution in [2.45, 2.75) is 13.8 Å². The Morgan fingerprint density at radius 3 is 1.67 bits per heavy atom. The van der Waals surface area contributed by atoms with Crippen molar-refractivity contribution in [3.05, 3.63) is 17.9 Å². The standard InChI is InChI=1S/C5H7.Cu/c1-4-5(2)3;/h1H,2-3H3;/q-1;+1. The molecule has 0 aliphatic rings. The number of rotatable bonds is 0. The summed E-state index contributed by atoms with van der Waals surface area (Å²) in [4.78, 5) is 0. The van der Waals surface area contributed by atoms with Gasteiger partial charge in [0, 0.05) is 0 Å². The minimum atomic E-state index is 0. The Kier molecular flexibility index (Phi) is 7.90. The molecule has 0 nitrogen and oxygen atoms in total. The summed E-state index contributed by atoms with van der Waals surface area (Å²) in [6, 6.07) is 0. The van der Waals surface area contributed by atoms with E-state index in [0.29, 0.717) is 0 Å². The van der Waals surface area contributed by atoms with E-state index in [1.165, 1.54) is 0 Å². The number of hydrogen-bond acceptors (Lipinski definition) is 0. The first-order chi connectivity index (χ1) is 2.27. The molecule has 0 aromatic rings. The molecule has 0 aliphatic carbocycles. The van der Waals surface area contributed by atoms with E-state index in [2.05, 4.69) is 5.73 Å². The first-order valence-electron chi connectivity index (χ1n) is 1.54. The summed E-state index contributed by atoms with van der Waals surface area (Å²) in [7, 11) is 0. The Labute approximate surface area is 49.4 Å². The second-order valence-corrected chi connectivity index (χ2v) is 1.14. The van der Waals surface area contributed by atoms with Gasteiger partial charge in [-0.25, -0.2) is 6.58 Å². The average molecular weight is 131 g/mol. The summed E-state index contributed by atoms with van der Waals surface area (Å²) in [5, 5.41) is 0. The molecule has 1 heteroatoms. The molecule has 0 fully saturated rings. The van der Waals surface area contributed by atoms with Crippen molar-refractivity contribution < 1.29 is 17.1 Å². The zero-order valence-electron chi connectivity index (χ0n) is 3.88. The van der Waals surface area contributed by atoms with Gasteiger partial charge in [0.05, 0.1) is 0 Å². The van der Waals surface area contributed by atoms with Crippen molar-refractivity contribution in [2.75, 3.05) is 0 Å². The van der Waals surface area contributed by atoms with Gasteiger partial charge in [0.2, 0.25) is 0 Å². The van der Waals surface area contributed by atoms with Crippen molar-refractivity contribution in [3.8, 4) is 0 Å². The van der Waals surface area contributed by atoms with E-state index in [-0.39, 0.29) is 17.1 Å². The molecular weight excluding hydrogens is 124 g/mol. The molecule has 0 radical (unpaired) electrons. The second kappa shape index (κ2) is 5.04. The van der Waals surface area contributed by atoms with E-state index in [1.54, 1.807) is 0 Å². The Hall–Kier alpha value is 0.0395. The van der Waals surface area contributed by atoms with Crippen LogP contribution >= 0.6 is 0 Å². The molecule has 0 aromatic heterocycles. The summed E-state index contributed by atoms with van der Waals surface area (Å²) >= 11 is 0. The maximum atomic E-state index is 4.88. The molecule has 0 saturated carbocycles. The molecule has 0 aromatic carbocycles. The van der Waals surface area contributed by atoms with Crippen LogP contribution in [0.5, 0.6) is 0 Å². The van der Waals surface area contributed by atoms with Gasteiger partial charge in [0.25, 0.3) is 0 Å². The Morgan fingerprint density at radius 1 is 1.50 bits per heavy atom. The summed E-state index contributed by atoms with van der Waals surface area (Å²) in [6.07, 6.45) is 0. The van der Waals surface area contributed by atoms with Crippen LogP contribution in [0.4, 0.5) is 0 Å². The molecule has 0 bridgehead atoms. The van der Waals surface area contributed by atoms with Crippen LogP contribution in [0.25, 0.3) is 0 Å². The fourth-order valence-electron chi connectivity index (χ4n) is 0. The van der Waals surface area contributed by atoms with E-state index in [9.17, 15) is 0 Å². The van der Waals surface area contributed by atoms with Crippen LogP contribution in [0, 0.1) is 6.58 Å². The normalized spacial score (nSPS) is 5.00. The Balaban J connectivity index is 0. The van der Waals surface area contributed by atoms with Crippen LogP contribution in [-0.4, -0.2) is 0 Å². The van der Waals surface area contributed by atoms with Crippen molar-refractivity contribution >= 4 is 0 Å². The third kappa shape index (κ3) is 8.97. The fourth-order valence-corrected chi connectivity index (χ4v) is 0. The quantitative estimate of drug-likeness (QED) is 0.265. The first-order valence-corrected chi connectivity index (χ1v) is 1.54. The Bertz CT molecular complexity index is 64.0. The zero-order chi connectivity index (χ0) is 4.28. The van der Waals surface area contributed by atoms with E-state index < -0.39 is 0 Å².